The van der Waals surface area contributed by atoms with Gasteiger partial charge in [-0.2, -0.15) is 0 Å². The first kappa shape index (κ1) is 20.7. The summed E-state index contributed by atoms with van der Waals surface area (Å²) in [4.78, 5) is 50.0. The van der Waals surface area contributed by atoms with E-state index < -0.39 is 18.0 Å². The van der Waals surface area contributed by atoms with Gasteiger partial charge in [0.1, 0.15) is 5.82 Å². The molecule has 0 saturated carbocycles. The number of halogens is 1. The summed E-state index contributed by atoms with van der Waals surface area (Å²) >= 11 is 0. The molecule has 2 aliphatic rings. The van der Waals surface area contributed by atoms with Crippen LogP contribution >= 0.6 is 0 Å². The highest BCUT2D eigenvalue weighted by atomic mass is 19.1. The Labute approximate surface area is 167 Å². The molecule has 1 N–H and O–H groups in total. The Bertz CT molecular complexity index is 810. The predicted molar refractivity (Wildman–Crippen MR) is 100 cm³/mol. The van der Waals surface area contributed by atoms with E-state index in [9.17, 15) is 23.6 Å². The summed E-state index contributed by atoms with van der Waals surface area (Å²) in [6.45, 7) is 1.56. The highest BCUT2D eigenvalue weighted by Crippen LogP contribution is 2.35. The number of fused-ring (bicyclic) bond motifs is 1. The quantitative estimate of drug-likeness (QED) is 0.426. The second-order valence-electron chi connectivity index (χ2n) is 7.21. The number of carbonyl (C=O) groups excluding carboxylic acids is 4. The number of benzene rings is 1. The van der Waals surface area contributed by atoms with Crippen molar-refractivity contribution in [3.63, 3.8) is 0 Å². The molecule has 1 aliphatic carbocycles. The van der Waals surface area contributed by atoms with E-state index in [2.05, 4.69) is 5.32 Å². The maximum Gasteiger partial charge on any atom is 0.308 e. The number of ether oxygens (including phenoxy) is 1. The summed E-state index contributed by atoms with van der Waals surface area (Å²) in [5.74, 6) is -2.69. The van der Waals surface area contributed by atoms with Crippen molar-refractivity contribution < 1.29 is 28.3 Å². The maximum absolute atomic E-state index is 12.9. The summed E-state index contributed by atoms with van der Waals surface area (Å²) in [5, 5.41) is 2.60. The van der Waals surface area contributed by atoms with Crippen molar-refractivity contribution in [2.45, 2.75) is 38.8 Å². The van der Waals surface area contributed by atoms with Gasteiger partial charge >= 0.3 is 5.97 Å². The van der Waals surface area contributed by atoms with Gasteiger partial charge in [0.05, 0.1) is 18.3 Å². The monoisotopic (exact) mass is 402 g/mol. The molecule has 1 aromatic carbocycles. The van der Waals surface area contributed by atoms with Crippen LogP contribution in [-0.4, -0.2) is 41.2 Å². The first-order valence-electron chi connectivity index (χ1n) is 9.58. The molecule has 0 aromatic heterocycles. The van der Waals surface area contributed by atoms with Crippen molar-refractivity contribution in [3.8, 4) is 0 Å². The Balaban J connectivity index is 1.43. The number of allylic oxidation sites excluding steroid dienone is 2. The summed E-state index contributed by atoms with van der Waals surface area (Å²) in [7, 11) is 0. The topological polar surface area (TPSA) is 92.8 Å². The average molecular weight is 402 g/mol. The summed E-state index contributed by atoms with van der Waals surface area (Å²) in [6, 6.07) is 5.67. The first-order chi connectivity index (χ1) is 13.9. The minimum absolute atomic E-state index is 0.0482. The molecule has 3 atom stereocenters. The average Bonchev–Trinajstić information content (AvgIpc) is 2.96. The lowest BCUT2D eigenvalue weighted by Gasteiger charge is -2.16. The standard InChI is InChI=1S/C21H23FN2O5/c1-13(19(26)23-12-14-6-8-15(22)9-7-14)29-18(25)10-11-24-20(27)16-4-2-3-5-17(16)21(24)28/h2-3,6-9,13,16-17H,4-5,10-12H2,1H3,(H,23,26)/t13-,16-,17+/m1/s1. The number of rotatable bonds is 7. The van der Waals surface area contributed by atoms with Crippen molar-refractivity contribution in [2.24, 2.45) is 11.8 Å². The SMILES string of the molecule is C[C@@H](OC(=O)CCN1C(=O)[C@H]2CC=CC[C@H]2C1=O)C(=O)NCc1ccc(F)cc1. The van der Waals surface area contributed by atoms with Crippen LogP contribution in [0.5, 0.6) is 0 Å². The Morgan fingerprint density at radius 3 is 2.31 bits per heavy atom. The van der Waals surface area contributed by atoms with E-state index in [1.165, 1.54) is 19.1 Å². The predicted octanol–water partition coefficient (Wildman–Crippen LogP) is 1.71. The van der Waals surface area contributed by atoms with E-state index >= 15 is 0 Å². The number of hydrogen-bond acceptors (Lipinski definition) is 5. The van der Waals surface area contributed by atoms with E-state index in [0.29, 0.717) is 18.4 Å². The molecule has 1 saturated heterocycles. The molecule has 0 bridgehead atoms. The fourth-order valence-corrected chi connectivity index (χ4v) is 3.54. The summed E-state index contributed by atoms with van der Waals surface area (Å²) in [6.07, 6.45) is 3.69. The number of imide groups is 1. The van der Waals surface area contributed by atoms with E-state index in [1.54, 1.807) is 12.1 Å². The van der Waals surface area contributed by atoms with Gasteiger partial charge in [-0.25, -0.2) is 4.39 Å². The third-order valence-electron chi connectivity index (χ3n) is 5.20. The molecule has 3 amide bonds. The van der Waals surface area contributed by atoms with Gasteiger partial charge in [-0.05, 0) is 37.5 Å². The normalized spacial score (nSPS) is 21.7. The van der Waals surface area contributed by atoms with Crippen LogP contribution in [0.4, 0.5) is 4.39 Å². The second kappa shape index (κ2) is 8.98. The molecular formula is C21H23FN2O5. The van der Waals surface area contributed by atoms with Crippen LogP contribution in [0.2, 0.25) is 0 Å². The van der Waals surface area contributed by atoms with Crippen LogP contribution in [0.3, 0.4) is 0 Å². The number of hydrogen-bond donors (Lipinski definition) is 1. The van der Waals surface area contributed by atoms with Gasteiger partial charge < -0.3 is 10.1 Å². The Morgan fingerprint density at radius 2 is 1.72 bits per heavy atom. The molecule has 7 nitrogen and oxygen atoms in total. The number of nitrogens with zero attached hydrogens (tertiary/aromatic N) is 1. The van der Waals surface area contributed by atoms with Crippen LogP contribution in [0.25, 0.3) is 0 Å². The number of carbonyl (C=O) groups is 4. The molecule has 154 valence electrons. The molecule has 1 fully saturated rings. The molecule has 1 aromatic rings. The molecule has 29 heavy (non-hydrogen) atoms. The van der Waals surface area contributed by atoms with Crippen LogP contribution in [0.15, 0.2) is 36.4 Å². The molecule has 3 rings (SSSR count). The third-order valence-corrected chi connectivity index (χ3v) is 5.20. The van der Waals surface area contributed by atoms with E-state index in [1.807, 2.05) is 12.2 Å². The summed E-state index contributed by atoms with van der Waals surface area (Å²) < 4.78 is 18.0. The van der Waals surface area contributed by atoms with Crippen LogP contribution in [-0.2, 0) is 30.5 Å². The zero-order valence-corrected chi connectivity index (χ0v) is 16.1. The van der Waals surface area contributed by atoms with Gasteiger partial charge in [-0.1, -0.05) is 24.3 Å². The van der Waals surface area contributed by atoms with Crippen molar-refractivity contribution in [1.29, 1.82) is 0 Å². The van der Waals surface area contributed by atoms with Gasteiger partial charge in [-0.3, -0.25) is 24.1 Å². The van der Waals surface area contributed by atoms with Gasteiger partial charge in [0, 0.05) is 13.1 Å². The van der Waals surface area contributed by atoms with E-state index in [0.717, 1.165) is 4.90 Å². The lowest BCUT2D eigenvalue weighted by atomic mass is 9.85. The fraction of sp³-hybridized carbons (Fsp3) is 0.429. The number of nitrogens with one attached hydrogen (secondary N) is 1. The van der Waals surface area contributed by atoms with Crippen LogP contribution in [0.1, 0.15) is 31.7 Å². The van der Waals surface area contributed by atoms with Crippen LogP contribution < -0.4 is 5.32 Å². The summed E-state index contributed by atoms with van der Waals surface area (Å²) in [5.41, 5.74) is 0.709. The minimum atomic E-state index is -1.03. The van der Waals surface area contributed by atoms with Gasteiger partial charge in [0.25, 0.3) is 5.91 Å². The largest absolute Gasteiger partial charge is 0.452 e. The van der Waals surface area contributed by atoms with E-state index in [4.69, 9.17) is 4.74 Å². The zero-order chi connectivity index (χ0) is 21.0. The zero-order valence-electron chi connectivity index (χ0n) is 16.1. The first-order valence-corrected chi connectivity index (χ1v) is 9.58. The lowest BCUT2D eigenvalue weighted by Crippen LogP contribution is -2.37. The molecule has 0 spiro atoms. The number of amides is 3. The van der Waals surface area contributed by atoms with Crippen molar-refractivity contribution in [3.05, 3.63) is 47.8 Å². The van der Waals surface area contributed by atoms with E-state index in [-0.39, 0.29) is 49.0 Å². The Hall–Kier alpha value is -3.03. The van der Waals surface area contributed by atoms with Crippen molar-refractivity contribution in [2.75, 3.05) is 6.54 Å². The van der Waals surface area contributed by atoms with Crippen molar-refractivity contribution >= 4 is 23.7 Å². The van der Waals surface area contributed by atoms with Gasteiger partial charge in [0.2, 0.25) is 11.8 Å². The van der Waals surface area contributed by atoms with Crippen LogP contribution in [0, 0.1) is 17.7 Å². The molecule has 0 radical (unpaired) electrons. The Morgan fingerprint density at radius 1 is 1.14 bits per heavy atom. The minimum Gasteiger partial charge on any atom is -0.452 e. The Kier molecular flexibility index (Phi) is 6.41. The maximum atomic E-state index is 12.9. The number of esters is 1. The molecule has 8 heteroatoms. The van der Waals surface area contributed by atoms with Crippen molar-refractivity contribution in [1.82, 2.24) is 10.2 Å². The molecular weight excluding hydrogens is 379 g/mol. The van der Waals surface area contributed by atoms with Gasteiger partial charge in [0.15, 0.2) is 6.10 Å². The number of likely N-dealkylation sites (tertiary alicyclic amines) is 1. The molecule has 0 unspecified atom stereocenters. The molecule has 1 heterocycles. The smallest absolute Gasteiger partial charge is 0.308 e. The highest BCUT2D eigenvalue weighted by molar-refractivity contribution is 6.05. The second-order valence-corrected chi connectivity index (χ2v) is 7.21. The fourth-order valence-electron chi connectivity index (χ4n) is 3.54. The lowest BCUT2D eigenvalue weighted by molar-refractivity contribution is -0.155. The molecule has 1 aliphatic heterocycles. The van der Waals surface area contributed by atoms with Gasteiger partial charge in [-0.15, -0.1) is 0 Å². The highest BCUT2D eigenvalue weighted by Gasteiger charge is 2.47. The third kappa shape index (κ3) is 4.88.